The quantitative estimate of drug-likeness (QED) is 0.382. The predicted molar refractivity (Wildman–Crippen MR) is 146 cm³/mol. The Balaban J connectivity index is 1.41. The zero-order valence-electron chi connectivity index (χ0n) is 21.4. The zero-order chi connectivity index (χ0) is 25.9. The summed E-state index contributed by atoms with van der Waals surface area (Å²) in [6.45, 7) is 5.06. The molecule has 1 atom stereocenters. The lowest BCUT2D eigenvalue weighted by atomic mass is 9.98. The smallest absolute Gasteiger partial charge is 0.322 e. The van der Waals surface area contributed by atoms with Crippen molar-refractivity contribution in [1.82, 2.24) is 14.4 Å². The van der Waals surface area contributed by atoms with Gasteiger partial charge in [0.2, 0.25) is 5.91 Å². The van der Waals surface area contributed by atoms with Crippen LogP contribution in [0, 0.1) is 0 Å². The summed E-state index contributed by atoms with van der Waals surface area (Å²) in [7, 11) is 1.64. The maximum atomic E-state index is 13.9. The van der Waals surface area contributed by atoms with Crippen LogP contribution in [0.15, 0.2) is 85.1 Å². The van der Waals surface area contributed by atoms with E-state index in [1.807, 2.05) is 104 Å². The van der Waals surface area contributed by atoms with Gasteiger partial charge in [-0.1, -0.05) is 54.6 Å². The molecule has 0 aliphatic carbocycles. The second-order valence-electron chi connectivity index (χ2n) is 9.54. The third-order valence-electron chi connectivity index (χ3n) is 7.01. The normalized spacial score (nSPS) is 14.9. The van der Waals surface area contributed by atoms with Crippen LogP contribution in [-0.2, 0) is 11.3 Å². The minimum atomic E-state index is -0.303. The maximum absolute atomic E-state index is 13.9. The number of methoxy groups -OCH3 is 1. The predicted octanol–water partition coefficient (Wildman–Crippen LogP) is 5.52. The third-order valence-corrected chi connectivity index (χ3v) is 7.01. The number of carbonyl (C=O) groups excluding carboxylic acids is 2. The first-order chi connectivity index (χ1) is 18.0. The number of anilines is 1. The van der Waals surface area contributed by atoms with Gasteiger partial charge < -0.3 is 24.4 Å². The molecule has 1 aliphatic heterocycles. The number of para-hydroxylation sites is 1. The van der Waals surface area contributed by atoms with E-state index in [9.17, 15) is 9.59 Å². The lowest BCUT2D eigenvalue weighted by molar-refractivity contribution is -0.134. The van der Waals surface area contributed by atoms with Crippen LogP contribution in [0.25, 0.3) is 10.8 Å². The van der Waals surface area contributed by atoms with E-state index in [-0.39, 0.29) is 30.6 Å². The fraction of sp³-hybridized carbons (Fsp3) is 0.267. The average Bonchev–Trinajstić information content (AvgIpc) is 3.40. The fourth-order valence-electron chi connectivity index (χ4n) is 5.12. The molecule has 4 aromatic rings. The Kier molecular flexibility index (Phi) is 6.86. The number of urea groups is 1. The summed E-state index contributed by atoms with van der Waals surface area (Å²) < 4.78 is 7.83. The molecule has 2 heterocycles. The van der Waals surface area contributed by atoms with Crippen LogP contribution in [0.5, 0.6) is 5.75 Å². The van der Waals surface area contributed by atoms with Gasteiger partial charge >= 0.3 is 6.03 Å². The standard InChI is InChI=1S/C30H32N4O3/c1-21(2)34(30(36)31-25-14-8-11-22-10-4-5-12-23(22)25)20-28(35)33-19-18-32-17-9-15-26(32)29(33)24-13-6-7-16-27(24)37-3/h4-17,21,29H,18-20H2,1-3H3,(H,31,36). The van der Waals surface area contributed by atoms with E-state index < -0.39 is 0 Å². The van der Waals surface area contributed by atoms with Crippen molar-refractivity contribution in [3.8, 4) is 5.75 Å². The van der Waals surface area contributed by atoms with Gasteiger partial charge in [0.25, 0.3) is 0 Å². The first-order valence-corrected chi connectivity index (χ1v) is 12.6. The number of nitrogens with zero attached hydrogens (tertiary/aromatic N) is 3. The van der Waals surface area contributed by atoms with Gasteiger partial charge in [0, 0.05) is 42.0 Å². The van der Waals surface area contributed by atoms with Crippen molar-refractivity contribution < 1.29 is 14.3 Å². The van der Waals surface area contributed by atoms with E-state index >= 15 is 0 Å². The lowest BCUT2D eigenvalue weighted by Crippen LogP contribution is -2.50. The van der Waals surface area contributed by atoms with Gasteiger partial charge in [-0.25, -0.2) is 4.79 Å². The number of amides is 3. The maximum Gasteiger partial charge on any atom is 0.322 e. The van der Waals surface area contributed by atoms with Crippen molar-refractivity contribution in [1.29, 1.82) is 0 Å². The lowest BCUT2D eigenvalue weighted by Gasteiger charge is -2.39. The number of ether oxygens (including phenoxy) is 1. The number of hydrogen-bond acceptors (Lipinski definition) is 3. The van der Waals surface area contributed by atoms with Gasteiger partial charge in [0.15, 0.2) is 0 Å². The Morgan fingerprint density at radius 3 is 2.54 bits per heavy atom. The van der Waals surface area contributed by atoms with Crippen LogP contribution >= 0.6 is 0 Å². The molecule has 7 nitrogen and oxygen atoms in total. The Morgan fingerprint density at radius 2 is 1.73 bits per heavy atom. The summed E-state index contributed by atoms with van der Waals surface area (Å²) in [6, 6.07) is 24.8. The number of rotatable bonds is 6. The molecule has 5 rings (SSSR count). The van der Waals surface area contributed by atoms with E-state index in [0.717, 1.165) is 33.5 Å². The summed E-state index contributed by atoms with van der Waals surface area (Å²) >= 11 is 0. The molecular formula is C30H32N4O3. The minimum absolute atomic E-state index is 0.0272. The van der Waals surface area contributed by atoms with Crippen molar-refractivity contribution in [2.75, 3.05) is 25.5 Å². The summed E-state index contributed by atoms with van der Waals surface area (Å²) in [4.78, 5) is 30.8. The number of benzene rings is 3. The molecule has 0 saturated heterocycles. The topological polar surface area (TPSA) is 66.8 Å². The van der Waals surface area contributed by atoms with Crippen molar-refractivity contribution >= 4 is 28.4 Å². The Morgan fingerprint density at radius 1 is 0.973 bits per heavy atom. The second kappa shape index (κ2) is 10.4. The SMILES string of the molecule is COc1ccccc1C1c2cccn2CCN1C(=O)CN(C(=O)Nc1cccc2ccccc12)C(C)C. The summed E-state index contributed by atoms with van der Waals surface area (Å²) in [6.07, 6.45) is 2.04. The minimum Gasteiger partial charge on any atom is -0.496 e. The van der Waals surface area contributed by atoms with Crippen molar-refractivity contribution in [2.45, 2.75) is 32.5 Å². The zero-order valence-corrected chi connectivity index (χ0v) is 21.4. The van der Waals surface area contributed by atoms with Crippen molar-refractivity contribution in [2.24, 2.45) is 0 Å². The highest BCUT2D eigenvalue weighted by Gasteiger charge is 2.35. The molecule has 1 aromatic heterocycles. The summed E-state index contributed by atoms with van der Waals surface area (Å²) in [5.74, 6) is 0.625. The van der Waals surface area contributed by atoms with Crippen LogP contribution in [0.2, 0.25) is 0 Å². The van der Waals surface area contributed by atoms with Crippen LogP contribution < -0.4 is 10.1 Å². The second-order valence-corrected chi connectivity index (χ2v) is 9.54. The number of nitrogens with one attached hydrogen (secondary N) is 1. The van der Waals surface area contributed by atoms with Gasteiger partial charge in [0.1, 0.15) is 18.3 Å². The molecule has 1 N–H and O–H groups in total. The first kappa shape index (κ1) is 24.4. The molecule has 0 fully saturated rings. The molecule has 7 heteroatoms. The Bertz CT molecular complexity index is 1420. The molecule has 37 heavy (non-hydrogen) atoms. The molecule has 1 unspecified atom stereocenters. The fourth-order valence-corrected chi connectivity index (χ4v) is 5.12. The number of carbonyl (C=O) groups is 2. The van der Waals surface area contributed by atoms with Gasteiger partial charge in [0.05, 0.1) is 12.8 Å². The molecular weight excluding hydrogens is 464 g/mol. The largest absolute Gasteiger partial charge is 0.496 e. The molecule has 0 bridgehead atoms. The molecule has 0 spiro atoms. The molecule has 1 aliphatic rings. The van der Waals surface area contributed by atoms with Crippen molar-refractivity contribution in [3.05, 3.63) is 96.3 Å². The number of fused-ring (bicyclic) bond motifs is 2. The van der Waals surface area contributed by atoms with Gasteiger partial charge in [-0.15, -0.1) is 0 Å². The van der Waals surface area contributed by atoms with Crippen LogP contribution in [0.4, 0.5) is 10.5 Å². The van der Waals surface area contributed by atoms with Crippen molar-refractivity contribution in [3.63, 3.8) is 0 Å². The molecule has 3 amide bonds. The average molecular weight is 497 g/mol. The van der Waals surface area contributed by atoms with E-state index in [1.54, 1.807) is 12.0 Å². The highest BCUT2D eigenvalue weighted by molar-refractivity contribution is 6.02. The Labute approximate surface area is 217 Å². The molecule has 190 valence electrons. The molecule has 0 radical (unpaired) electrons. The monoisotopic (exact) mass is 496 g/mol. The number of hydrogen-bond donors (Lipinski definition) is 1. The van der Waals surface area contributed by atoms with E-state index in [0.29, 0.717) is 13.1 Å². The van der Waals surface area contributed by atoms with Crippen LogP contribution in [0.1, 0.15) is 31.1 Å². The van der Waals surface area contributed by atoms with Crippen LogP contribution in [0.3, 0.4) is 0 Å². The van der Waals surface area contributed by atoms with E-state index in [1.165, 1.54) is 0 Å². The molecule has 3 aromatic carbocycles. The number of aromatic nitrogens is 1. The third kappa shape index (κ3) is 4.77. The summed E-state index contributed by atoms with van der Waals surface area (Å²) in [5, 5.41) is 5.04. The van der Waals surface area contributed by atoms with Crippen LogP contribution in [-0.4, -0.2) is 52.5 Å². The van der Waals surface area contributed by atoms with E-state index in [4.69, 9.17) is 4.74 Å². The van der Waals surface area contributed by atoms with Gasteiger partial charge in [-0.05, 0) is 43.5 Å². The van der Waals surface area contributed by atoms with Gasteiger partial charge in [-0.2, -0.15) is 0 Å². The first-order valence-electron chi connectivity index (χ1n) is 12.6. The highest BCUT2D eigenvalue weighted by Crippen LogP contribution is 2.37. The van der Waals surface area contributed by atoms with E-state index in [2.05, 4.69) is 9.88 Å². The highest BCUT2D eigenvalue weighted by atomic mass is 16.5. The summed E-state index contributed by atoms with van der Waals surface area (Å²) in [5.41, 5.74) is 2.68. The Hall–Kier alpha value is -4.26. The molecule has 0 saturated carbocycles. The van der Waals surface area contributed by atoms with Gasteiger partial charge in [-0.3, -0.25) is 4.79 Å².